The van der Waals surface area contributed by atoms with E-state index >= 15 is 0 Å². The van der Waals surface area contributed by atoms with Gasteiger partial charge in [-0.2, -0.15) is 5.10 Å². The first-order valence-corrected chi connectivity index (χ1v) is 7.22. The van der Waals surface area contributed by atoms with Gasteiger partial charge >= 0.3 is 0 Å². The molecule has 0 radical (unpaired) electrons. The molecule has 0 aliphatic heterocycles. The monoisotopic (exact) mass is 288 g/mol. The number of nitrogens with zero attached hydrogens (tertiary/aromatic N) is 2. The zero-order valence-corrected chi connectivity index (χ0v) is 12.7. The van der Waals surface area contributed by atoms with Gasteiger partial charge in [-0.25, -0.2) is 4.39 Å². The molecule has 0 amide bonds. The summed E-state index contributed by atoms with van der Waals surface area (Å²) in [6, 6.07) is 7.01. The summed E-state index contributed by atoms with van der Waals surface area (Å²) in [5.41, 5.74) is 3.38. The van der Waals surface area contributed by atoms with Crippen molar-refractivity contribution in [1.29, 1.82) is 0 Å². The van der Waals surface area contributed by atoms with Gasteiger partial charge in [0, 0.05) is 11.3 Å². The third kappa shape index (κ3) is 3.51. The lowest BCUT2D eigenvalue weighted by Gasteiger charge is -2.05. The molecule has 1 aromatic heterocycles. The standard InChI is InChI=1S/C17H21FN2O/c1-4-6-14-10-17(19-20(14)11-15(21)5-2)13-7-8-16(18)12(3)9-13/h5,7-10,21H,4,6,11H2,1-3H3. The van der Waals surface area contributed by atoms with Gasteiger partial charge in [0.05, 0.1) is 12.2 Å². The van der Waals surface area contributed by atoms with Crippen LogP contribution in [-0.2, 0) is 13.0 Å². The lowest BCUT2D eigenvalue weighted by atomic mass is 10.1. The van der Waals surface area contributed by atoms with Crippen molar-refractivity contribution in [2.24, 2.45) is 0 Å². The zero-order chi connectivity index (χ0) is 15.4. The Bertz CT molecular complexity index is 659. The smallest absolute Gasteiger partial charge is 0.126 e. The Labute approximate surface area is 124 Å². The zero-order valence-electron chi connectivity index (χ0n) is 12.7. The van der Waals surface area contributed by atoms with Crippen LogP contribution in [0.1, 0.15) is 31.5 Å². The van der Waals surface area contributed by atoms with E-state index in [1.807, 2.05) is 10.7 Å². The maximum atomic E-state index is 13.4. The van der Waals surface area contributed by atoms with Crippen molar-refractivity contribution in [3.63, 3.8) is 0 Å². The molecule has 0 atom stereocenters. The van der Waals surface area contributed by atoms with E-state index in [1.165, 1.54) is 6.07 Å². The topological polar surface area (TPSA) is 38.0 Å². The van der Waals surface area contributed by atoms with Crippen LogP contribution in [0.25, 0.3) is 11.3 Å². The van der Waals surface area contributed by atoms with E-state index in [0.717, 1.165) is 29.8 Å². The predicted molar refractivity (Wildman–Crippen MR) is 82.7 cm³/mol. The second-order valence-electron chi connectivity index (χ2n) is 5.17. The summed E-state index contributed by atoms with van der Waals surface area (Å²) >= 11 is 0. The Balaban J connectivity index is 2.40. The quantitative estimate of drug-likeness (QED) is 0.827. The fourth-order valence-electron chi connectivity index (χ4n) is 2.24. The molecule has 21 heavy (non-hydrogen) atoms. The number of aliphatic hydroxyl groups excluding tert-OH is 1. The Morgan fingerprint density at radius 3 is 2.76 bits per heavy atom. The molecule has 1 N–H and O–H groups in total. The molecule has 0 bridgehead atoms. The van der Waals surface area contributed by atoms with Crippen LogP contribution in [0, 0.1) is 12.7 Å². The van der Waals surface area contributed by atoms with E-state index in [0.29, 0.717) is 12.1 Å². The lowest BCUT2D eigenvalue weighted by Crippen LogP contribution is -2.07. The number of aryl methyl sites for hydroxylation is 2. The molecule has 0 spiro atoms. The molecule has 0 fully saturated rings. The average molecular weight is 288 g/mol. The van der Waals surface area contributed by atoms with Gasteiger partial charge in [0.15, 0.2) is 0 Å². The summed E-state index contributed by atoms with van der Waals surface area (Å²) < 4.78 is 15.2. The highest BCUT2D eigenvalue weighted by atomic mass is 19.1. The molecular formula is C17H21FN2O. The van der Waals surface area contributed by atoms with Crippen molar-refractivity contribution in [1.82, 2.24) is 9.78 Å². The Hall–Kier alpha value is -2.10. The minimum atomic E-state index is -0.210. The number of halogens is 1. The van der Waals surface area contributed by atoms with Gasteiger partial charge in [0.1, 0.15) is 11.6 Å². The molecule has 0 unspecified atom stereocenters. The SMILES string of the molecule is CC=C(O)Cn1nc(-c2ccc(F)c(C)c2)cc1CCC. The molecule has 3 nitrogen and oxygen atoms in total. The van der Waals surface area contributed by atoms with E-state index in [-0.39, 0.29) is 11.6 Å². The fraction of sp³-hybridized carbons (Fsp3) is 0.353. The lowest BCUT2D eigenvalue weighted by molar-refractivity contribution is 0.363. The van der Waals surface area contributed by atoms with Crippen molar-refractivity contribution in [3.05, 3.63) is 53.2 Å². The highest BCUT2D eigenvalue weighted by molar-refractivity contribution is 5.60. The number of rotatable bonds is 5. The highest BCUT2D eigenvalue weighted by Gasteiger charge is 2.11. The molecule has 0 saturated carbocycles. The van der Waals surface area contributed by atoms with Crippen LogP contribution in [0.2, 0.25) is 0 Å². The molecule has 0 aliphatic carbocycles. The van der Waals surface area contributed by atoms with Crippen LogP contribution in [-0.4, -0.2) is 14.9 Å². The van der Waals surface area contributed by atoms with Gasteiger partial charge in [-0.1, -0.05) is 13.3 Å². The molecule has 2 rings (SSSR count). The molecule has 0 aliphatic rings. The minimum Gasteiger partial charge on any atom is -0.511 e. The highest BCUT2D eigenvalue weighted by Crippen LogP contribution is 2.22. The Morgan fingerprint density at radius 2 is 2.14 bits per heavy atom. The Kier molecular flexibility index (Phi) is 4.78. The first kappa shape index (κ1) is 15.3. The second-order valence-corrected chi connectivity index (χ2v) is 5.17. The number of benzene rings is 1. The first-order chi connectivity index (χ1) is 10.0. The van der Waals surface area contributed by atoms with Gasteiger partial charge in [-0.15, -0.1) is 0 Å². The molecule has 112 valence electrons. The van der Waals surface area contributed by atoms with Crippen LogP contribution in [0.3, 0.4) is 0 Å². The summed E-state index contributed by atoms with van der Waals surface area (Å²) in [4.78, 5) is 0. The number of aromatic nitrogens is 2. The molecular weight excluding hydrogens is 267 g/mol. The summed E-state index contributed by atoms with van der Waals surface area (Å²) in [7, 11) is 0. The van der Waals surface area contributed by atoms with Crippen molar-refractivity contribution in [3.8, 4) is 11.3 Å². The summed E-state index contributed by atoms with van der Waals surface area (Å²) in [6.07, 6.45) is 3.56. The minimum absolute atomic E-state index is 0.210. The van der Waals surface area contributed by atoms with Crippen molar-refractivity contribution < 1.29 is 9.50 Å². The van der Waals surface area contributed by atoms with Gasteiger partial charge in [-0.05, 0) is 56.2 Å². The maximum Gasteiger partial charge on any atom is 0.126 e. The van der Waals surface area contributed by atoms with Crippen LogP contribution in [0.15, 0.2) is 36.1 Å². The Morgan fingerprint density at radius 1 is 1.38 bits per heavy atom. The molecule has 1 heterocycles. The van der Waals surface area contributed by atoms with E-state index in [4.69, 9.17) is 0 Å². The van der Waals surface area contributed by atoms with Gasteiger partial charge < -0.3 is 5.11 Å². The summed E-state index contributed by atoms with van der Waals surface area (Å²) in [6.45, 7) is 6.01. The van der Waals surface area contributed by atoms with Gasteiger partial charge in [-0.3, -0.25) is 4.68 Å². The number of hydrogen-bond donors (Lipinski definition) is 1. The molecule has 2 aromatic rings. The number of hydrogen-bond acceptors (Lipinski definition) is 2. The van der Waals surface area contributed by atoms with E-state index in [2.05, 4.69) is 12.0 Å². The predicted octanol–water partition coefficient (Wildman–Crippen LogP) is 4.41. The molecule has 4 heteroatoms. The third-order valence-electron chi connectivity index (χ3n) is 3.47. The summed E-state index contributed by atoms with van der Waals surface area (Å²) in [5.74, 6) is 0.0795. The van der Waals surface area contributed by atoms with Gasteiger partial charge in [0.2, 0.25) is 0 Å². The van der Waals surface area contributed by atoms with Crippen LogP contribution < -0.4 is 0 Å². The van der Waals surface area contributed by atoms with Crippen LogP contribution in [0.5, 0.6) is 0 Å². The van der Waals surface area contributed by atoms with Crippen LogP contribution in [0.4, 0.5) is 4.39 Å². The van der Waals surface area contributed by atoms with Crippen molar-refractivity contribution in [2.45, 2.75) is 40.2 Å². The second kappa shape index (κ2) is 6.57. The van der Waals surface area contributed by atoms with E-state index < -0.39 is 0 Å². The number of aliphatic hydroxyl groups is 1. The molecule has 0 saturated heterocycles. The largest absolute Gasteiger partial charge is 0.511 e. The number of allylic oxidation sites excluding steroid dienone is 2. The van der Waals surface area contributed by atoms with E-state index in [1.54, 1.807) is 32.1 Å². The van der Waals surface area contributed by atoms with Gasteiger partial charge in [0.25, 0.3) is 0 Å². The van der Waals surface area contributed by atoms with E-state index in [9.17, 15) is 9.50 Å². The van der Waals surface area contributed by atoms with Crippen molar-refractivity contribution in [2.75, 3.05) is 0 Å². The maximum absolute atomic E-state index is 13.4. The first-order valence-electron chi connectivity index (χ1n) is 7.22. The fourth-order valence-corrected chi connectivity index (χ4v) is 2.24. The molecule has 1 aromatic carbocycles. The summed E-state index contributed by atoms with van der Waals surface area (Å²) in [5, 5.41) is 14.3. The van der Waals surface area contributed by atoms with Crippen molar-refractivity contribution >= 4 is 0 Å². The average Bonchev–Trinajstić information content (AvgIpc) is 2.85. The third-order valence-corrected chi connectivity index (χ3v) is 3.47. The normalized spacial score (nSPS) is 11.9. The van der Waals surface area contributed by atoms with Crippen LogP contribution >= 0.6 is 0 Å².